The average molecular weight is 329 g/mol. The summed E-state index contributed by atoms with van der Waals surface area (Å²) < 4.78 is 0. The third kappa shape index (κ3) is 4.15. The first-order chi connectivity index (χ1) is 11.6. The minimum Gasteiger partial charge on any atom is -0.369 e. The van der Waals surface area contributed by atoms with Crippen molar-refractivity contribution in [2.45, 2.75) is 44.7 Å². The standard InChI is InChI=1S/C19H27N3O2/c20-18(23)16-8-4-5-9-17(16)19(24)21-15-10-11-22(13-15)12-14-6-2-1-3-7-14/h1-3,6-7,15-17H,4-5,8-13H2,(H2,20,23)(H,21,24)/t15?,16-,17+/m0/s1. The summed E-state index contributed by atoms with van der Waals surface area (Å²) in [6.45, 7) is 2.78. The summed E-state index contributed by atoms with van der Waals surface area (Å²) in [4.78, 5) is 26.6. The van der Waals surface area contributed by atoms with Crippen LogP contribution >= 0.6 is 0 Å². The molecule has 3 rings (SSSR count). The molecule has 1 aromatic carbocycles. The van der Waals surface area contributed by atoms with Gasteiger partial charge < -0.3 is 11.1 Å². The molecule has 0 radical (unpaired) electrons. The molecule has 2 amide bonds. The topological polar surface area (TPSA) is 75.4 Å². The monoisotopic (exact) mass is 329 g/mol. The highest BCUT2D eigenvalue weighted by Crippen LogP contribution is 2.30. The van der Waals surface area contributed by atoms with Crippen LogP contribution in [0.5, 0.6) is 0 Å². The third-order valence-electron chi connectivity index (χ3n) is 5.34. The minimum atomic E-state index is -0.327. The molecule has 2 fully saturated rings. The van der Waals surface area contributed by atoms with E-state index in [9.17, 15) is 9.59 Å². The number of primary amides is 1. The molecule has 0 aromatic heterocycles. The highest BCUT2D eigenvalue weighted by atomic mass is 16.2. The Hall–Kier alpha value is -1.88. The van der Waals surface area contributed by atoms with Crippen LogP contribution in [0.3, 0.4) is 0 Å². The summed E-state index contributed by atoms with van der Waals surface area (Å²) in [6.07, 6.45) is 4.49. The van der Waals surface area contributed by atoms with Crippen LogP contribution in [0, 0.1) is 11.8 Å². The molecule has 2 aliphatic rings. The van der Waals surface area contributed by atoms with Crippen LogP contribution in [0.4, 0.5) is 0 Å². The van der Waals surface area contributed by atoms with E-state index >= 15 is 0 Å². The number of carbonyl (C=O) groups is 2. The van der Waals surface area contributed by atoms with Crippen LogP contribution in [-0.2, 0) is 16.1 Å². The van der Waals surface area contributed by atoms with Gasteiger partial charge in [-0.05, 0) is 24.8 Å². The summed E-state index contributed by atoms with van der Waals surface area (Å²) in [5, 5.41) is 3.16. The lowest BCUT2D eigenvalue weighted by atomic mass is 9.78. The number of hydrogen-bond donors (Lipinski definition) is 2. The Morgan fingerprint density at radius 2 is 1.79 bits per heavy atom. The van der Waals surface area contributed by atoms with Gasteiger partial charge in [-0.2, -0.15) is 0 Å². The predicted molar refractivity (Wildman–Crippen MR) is 92.9 cm³/mol. The van der Waals surface area contributed by atoms with Gasteiger partial charge in [-0.25, -0.2) is 0 Å². The van der Waals surface area contributed by atoms with E-state index in [0.29, 0.717) is 0 Å². The fourth-order valence-corrected chi connectivity index (χ4v) is 4.03. The molecular weight excluding hydrogens is 302 g/mol. The second-order valence-corrected chi connectivity index (χ2v) is 7.11. The molecule has 1 saturated carbocycles. The van der Waals surface area contributed by atoms with Gasteiger partial charge >= 0.3 is 0 Å². The van der Waals surface area contributed by atoms with E-state index in [0.717, 1.165) is 51.7 Å². The lowest BCUT2D eigenvalue weighted by Crippen LogP contribution is -2.46. The van der Waals surface area contributed by atoms with Crippen molar-refractivity contribution < 1.29 is 9.59 Å². The fourth-order valence-electron chi connectivity index (χ4n) is 4.03. The van der Waals surface area contributed by atoms with Gasteiger partial charge in [0, 0.05) is 37.5 Å². The summed E-state index contributed by atoms with van der Waals surface area (Å²) in [7, 11) is 0. The first-order valence-corrected chi connectivity index (χ1v) is 8.99. The normalized spacial score (nSPS) is 27.8. The second-order valence-electron chi connectivity index (χ2n) is 7.11. The zero-order valence-corrected chi connectivity index (χ0v) is 14.1. The molecule has 5 nitrogen and oxygen atoms in total. The van der Waals surface area contributed by atoms with E-state index in [1.165, 1.54) is 5.56 Å². The number of carbonyl (C=O) groups excluding carboxylic acids is 2. The maximum Gasteiger partial charge on any atom is 0.224 e. The number of rotatable bonds is 5. The van der Waals surface area contributed by atoms with Crippen molar-refractivity contribution in [2.24, 2.45) is 17.6 Å². The van der Waals surface area contributed by atoms with E-state index < -0.39 is 0 Å². The van der Waals surface area contributed by atoms with E-state index in [-0.39, 0.29) is 29.7 Å². The number of benzene rings is 1. The smallest absolute Gasteiger partial charge is 0.224 e. The Kier molecular flexibility index (Phi) is 5.51. The van der Waals surface area contributed by atoms with Gasteiger partial charge in [0.05, 0.1) is 0 Å². The van der Waals surface area contributed by atoms with Gasteiger partial charge in [-0.1, -0.05) is 43.2 Å². The summed E-state index contributed by atoms with van der Waals surface area (Å²) in [5.74, 6) is -0.836. The van der Waals surface area contributed by atoms with E-state index in [4.69, 9.17) is 5.73 Å². The van der Waals surface area contributed by atoms with E-state index in [1.54, 1.807) is 0 Å². The fraction of sp³-hybridized carbons (Fsp3) is 0.579. The first-order valence-electron chi connectivity index (χ1n) is 8.99. The van der Waals surface area contributed by atoms with Gasteiger partial charge in [0.2, 0.25) is 11.8 Å². The van der Waals surface area contributed by atoms with Crippen molar-refractivity contribution in [1.29, 1.82) is 0 Å². The number of nitrogens with zero attached hydrogens (tertiary/aromatic N) is 1. The molecule has 1 heterocycles. The highest BCUT2D eigenvalue weighted by molar-refractivity contribution is 5.87. The number of hydrogen-bond acceptors (Lipinski definition) is 3. The van der Waals surface area contributed by atoms with Crippen molar-refractivity contribution in [2.75, 3.05) is 13.1 Å². The van der Waals surface area contributed by atoms with Crippen molar-refractivity contribution in [3.05, 3.63) is 35.9 Å². The highest BCUT2D eigenvalue weighted by Gasteiger charge is 2.36. The van der Waals surface area contributed by atoms with Crippen molar-refractivity contribution in [3.63, 3.8) is 0 Å². The van der Waals surface area contributed by atoms with E-state index in [1.807, 2.05) is 6.07 Å². The largest absolute Gasteiger partial charge is 0.369 e. The molecular formula is C19H27N3O2. The van der Waals surface area contributed by atoms with Crippen molar-refractivity contribution in [1.82, 2.24) is 10.2 Å². The molecule has 1 saturated heterocycles. The summed E-state index contributed by atoms with van der Waals surface area (Å²) >= 11 is 0. The number of likely N-dealkylation sites (tertiary alicyclic amines) is 1. The molecule has 0 spiro atoms. The van der Waals surface area contributed by atoms with Gasteiger partial charge in [0.1, 0.15) is 0 Å². The van der Waals surface area contributed by atoms with Crippen LogP contribution in [0.15, 0.2) is 30.3 Å². The Balaban J connectivity index is 1.51. The van der Waals surface area contributed by atoms with Crippen LogP contribution in [0.1, 0.15) is 37.7 Å². The first kappa shape index (κ1) is 17.0. The molecule has 0 bridgehead atoms. The van der Waals surface area contributed by atoms with Crippen LogP contribution in [0.25, 0.3) is 0 Å². The number of nitrogens with one attached hydrogen (secondary N) is 1. The lowest BCUT2D eigenvalue weighted by Gasteiger charge is -2.29. The van der Waals surface area contributed by atoms with Gasteiger partial charge in [0.15, 0.2) is 0 Å². The molecule has 130 valence electrons. The molecule has 1 aliphatic heterocycles. The predicted octanol–water partition coefficient (Wildman–Crippen LogP) is 1.67. The van der Waals surface area contributed by atoms with Gasteiger partial charge in [-0.15, -0.1) is 0 Å². The molecule has 3 N–H and O–H groups in total. The zero-order chi connectivity index (χ0) is 16.9. The minimum absolute atomic E-state index is 0.0186. The zero-order valence-electron chi connectivity index (χ0n) is 14.1. The van der Waals surface area contributed by atoms with Gasteiger partial charge in [-0.3, -0.25) is 14.5 Å². The maximum absolute atomic E-state index is 12.6. The molecule has 3 atom stereocenters. The molecule has 1 aliphatic carbocycles. The quantitative estimate of drug-likeness (QED) is 0.863. The Bertz CT molecular complexity index is 575. The maximum atomic E-state index is 12.6. The Morgan fingerprint density at radius 1 is 1.08 bits per heavy atom. The lowest BCUT2D eigenvalue weighted by molar-refractivity contribution is -0.135. The van der Waals surface area contributed by atoms with Crippen LogP contribution < -0.4 is 11.1 Å². The average Bonchev–Trinajstić information content (AvgIpc) is 3.02. The Labute approximate surface area is 143 Å². The molecule has 24 heavy (non-hydrogen) atoms. The van der Waals surface area contributed by atoms with Gasteiger partial charge in [0.25, 0.3) is 0 Å². The third-order valence-corrected chi connectivity index (χ3v) is 5.34. The van der Waals surface area contributed by atoms with Crippen LogP contribution in [-0.4, -0.2) is 35.8 Å². The SMILES string of the molecule is NC(=O)[C@H]1CCCC[C@H]1C(=O)NC1CCN(Cc2ccccc2)C1. The van der Waals surface area contributed by atoms with Crippen LogP contribution in [0.2, 0.25) is 0 Å². The van der Waals surface area contributed by atoms with E-state index in [2.05, 4.69) is 34.5 Å². The number of nitrogens with two attached hydrogens (primary N) is 1. The van der Waals surface area contributed by atoms with Crippen molar-refractivity contribution in [3.8, 4) is 0 Å². The second kappa shape index (κ2) is 7.79. The molecule has 1 aromatic rings. The summed E-state index contributed by atoms with van der Waals surface area (Å²) in [5.41, 5.74) is 6.78. The summed E-state index contributed by atoms with van der Waals surface area (Å²) in [6, 6.07) is 10.6. The Morgan fingerprint density at radius 3 is 2.50 bits per heavy atom. The number of amides is 2. The van der Waals surface area contributed by atoms with Crippen molar-refractivity contribution >= 4 is 11.8 Å². The molecule has 5 heteroatoms. The molecule has 1 unspecified atom stereocenters.